The van der Waals surface area contributed by atoms with Crippen LogP contribution < -0.4 is 0 Å². The number of aromatic amines is 1. The van der Waals surface area contributed by atoms with Crippen LogP contribution in [0.2, 0.25) is 0 Å². The minimum atomic E-state index is -2.88. The summed E-state index contributed by atoms with van der Waals surface area (Å²) in [5.41, 5.74) is 0. The van der Waals surface area contributed by atoms with E-state index in [1.165, 1.54) is 6.26 Å². The van der Waals surface area contributed by atoms with Crippen molar-refractivity contribution in [2.24, 2.45) is 0 Å². The first-order valence-corrected chi connectivity index (χ1v) is 8.97. The molecule has 1 aromatic heterocycles. The number of hydrogen-bond donors (Lipinski definition) is 1. The van der Waals surface area contributed by atoms with Gasteiger partial charge < -0.3 is 4.74 Å². The van der Waals surface area contributed by atoms with Gasteiger partial charge in [0.05, 0.1) is 12.4 Å². The molecule has 0 radical (unpaired) electrons. The number of rotatable bonds is 6. The van der Waals surface area contributed by atoms with Crippen molar-refractivity contribution >= 4 is 9.84 Å². The number of morpholine rings is 1. The molecule has 1 N–H and O–H groups in total. The van der Waals surface area contributed by atoms with E-state index in [9.17, 15) is 8.42 Å². The highest BCUT2D eigenvalue weighted by atomic mass is 32.2. The summed E-state index contributed by atoms with van der Waals surface area (Å²) >= 11 is 0. The van der Waals surface area contributed by atoms with E-state index < -0.39 is 9.84 Å². The molecule has 114 valence electrons. The first-order valence-electron chi connectivity index (χ1n) is 6.91. The molecule has 1 aromatic rings. The van der Waals surface area contributed by atoms with Gasteiger partial charge in [0.15, 0.2) is 5.82 Å². The lowest BCUT2D eigenvalue weighted by Gasteiger charge is -2.31. The molecule has 1 saturated heterocycles. The number of aromatic nitrogens is 3. The molecule has 20 heavy (non-hydrogen) atoms. The van der Waals surface area contributed by atoms with E-state index in [0.29, 0.717) is 25.4 Å². The van der Waals surface area contributed by atoms with Gasteiger partial charge in [-0.05, 0) is 13.0 Å². The average Bonchev–Trinajstić information content (AvgIpc) is 2.86. The van der Waals surface area contributed by atoms with Crippen LogP contribution in [0.25, 0.3) is 0 Å². The molecule has 7 nitrogen and oxygen atoms in total. The van der Waals surface area contributed by atoms with Crippen LogP contribution in [0, 0.1) is 0 Å². The first-order chi connectivity index (χ1) is 9.48. The van der Waals surface area contributed by atoms with Crippen LogP contribution in [0.5, 0.6) is 0 Å². The van der Waals surface area contributed by atoms with E-state index >= 15 is 0 Å². The summed E-state index contributed by atoms with van der Waals surface area (Å²) in [6.07, 6.45) is 2.62. The number of ether oxygens (including phenoxy) is 1. The molecular weight excluding hydrogens is 280 g/mol. The van der Waals surface area contributed by atoms with E-state index in [-0.39, 0.29) is 11.9 Å². The summed E-state index contributed by atoms with van der Waals surface area (Å²) in [7, 11) is -2.88. The highest BCUT2D eigenvalue weighted by Crippen LogP contribution is 2.19. The van der Waals surface area contributed by atoms with Crippen molar-refractivity contribution in [1.82, 2.24) is 20.1 Å². The third-order valence-electron chi connectivity index (χ3n) is 3.31. The van der Waals surface area contributed by atoms with Crippen molar-refractivity contribution in [3.63, 3.8) is 0 Å². The quantitative estimate of drug-likeness (QED) is 0.806. The molecule has 0 aromatic carbocycles. The van der Waals surface area contributed by atoms with Gasteiger partial charge in [0, 0.05) is 25.8 Å². The SMILES string of the molecule is CCc1nc([C@H]2CN(CCCS(C)(=O)=O)CCO2)n[nH]1. The van der Waals surface area contributed by atoms with Gasteiger partial charge in [-0.15, -0.1) is 0 Å². The molecule has 0 aliphatic carbocycles. The topological polar surface area (TPSA) is 88.2 Å². The fourth-order valence-electron chi connectivity index (χ4n) is 2.22. The van der Waals surface area contributed by atoms with Crippen LogP contribution >= 0.6 is 0 Å². The van der Waals surface area contributed by atoms with E-state index in [4.69, 9.17) is 4.74 Å². The van der Waals surface area contributed by atoms with E-state index in [2.05, 4.69) is 20.1 Å². The summed E-state index contributed by atoms with van der Waals surface area (Å²) < 4.78 is 27.9. The smallest absolute Gasteiger partial charge is 0.180 e. The van der Waals surface area contributed by atoms with E-state index in [1.54, 1.807) is 0 Å². The van der Waals surface area contributed by atoms with Crippen molar-refractivity contribution in [1.29, 1.82) is 0 Å². The lowest BCUT2D eigenvalue weighted by atomic mass is 10.2. The maximum absolute atomic E-state index is 11.1. The van der Waals surface area contributed by atoms with Gasteiger partial charge in [-0.3, -0.25) is 10.00 Å². The van der Waals surface area contributed by atoms with Gasteiger partial charge in [0.2, 0.25) is 0 Å². The predicted octanol–water partition coefficient (Wildman–Crippen LogP) is 0.175. The summed E-state index contributed by atoms with van der Waals surface area (Å²) in [6.45, 7) is 4.94. The molecule has 8 heteroatoms. The van der Waals surface area contributed by atoms with Gasteiger partial charge in [-0.1, -0.05) is 6.92 Å². The van der Waals surface area contributed by atoms with Crippen LogP contribution in [0.3, 0.4) is 0 Å². The molecule has 1 aliphatic heterocycles. The maximum Gasteiger partial charge on any atom is 0.180 e. The maximum atomic E-state index is 11.1. The van der Waals surface area contributed by atoms with E-state index in [1.807, 2.05) is 6.92 Å². The van der Waals surface area contributed by atoms with Crippen molar-refractivity contribution < 1.29 is 13.2 Å². The number of hydrogen-bond acceptors (Lipinski definition) is 6. The van der Waals surface area contributed by atoms with Crippen molar-refractivity contribution in [3.8, 4) is 0 Å². The van der Waals surface area contributed by atoms with Crippen LogP contribution in [0.15, 0.2) is 0 Å². The molecular formula is C12H22N4O3S. The Morgan fingerprint density at radius 3 is 2.95 bits per heavy atom. The highest BCUT2D eigenvalue weighted by Gasteiger charge is 2.25. The Morgan fingerprint density at radius 1 is 1.50 bits per heavy atom. The zero-order valence-electron chi connectivity index (χ0n) is 12.0. The third kappa shape index (κ3) is 4.53. The molecule has 1 fully saturated rings. The highest BCUT2D eigenvalue weighted by molar-refractivity contribution is 7.90. The third-order valence-corrected chi connectivity index (χ3v) is 4.34. The van der Waals surface area contributed by atoms with Crippen molar-refractivity contribution in [2.75, 3.05) is 38.2 Å². The van der Waals surface area contributed by atoms with Crippen molar-refractivity contribution in [3.05, 3.63) is 11.6 Å². The monoisotopic (exact) mass is 302 g/mol. The molecule has 0 unspecified atom stereocenters. The van der Waals surface area contributed by atoms with Crippen LogP contribution in [0.4, 0.5) is 0 Å². The number of H-pyrrole nitrogens is 1. The normalized spacial score (nSPS) is 21.2. The number of sulfone groups is 1. The average molecular weight is 302 g/mol. The fraction of sp³-hybridized carbons (Fsp3) is 0.833. The Hall–Kier alpha value is -0.990. The van der Waals surface area contributed by atoms with Gasteiger partial charge in [0.1, 0.15) is 21.8 Å². The van der Waals surface area contributed by atoms with Crippen LogP contribution in [-0.4, -0.2) is 66.7 Å². The Labute approximate surface area is 119 Å². The van der Waals surface area contributed by atoms with E-state index in [0.717, 1.165) is 25.3 Å². The Balaban J connectivity index is 1.85. The van der Waals surface area contributed by atoms with Crippen molar-refractivity contribution in [2.45, 2.75) is 25.9 Å². The lowest BCUT2D eigenvalue weighted by molar-refractivity contribution is -0.0340. The predicted molar refractivity (Wildman–Crippen MR) is 75.2 cm³/mol. The van der Waals surface area contributed by atoms with Crippen LogP contribution in [0.1, 0.15) is 31.1 Å². The van der Waals surface area contributed by atoms with Gasteiger partial charge >= 0.3 is 0 Å². The van der Waals surface area contributed by atoms with Gasteiger partial charge in [0.25, 0.3) is 0 Å². The molecule has 2 heterocycles. The summed E-state index contributed by atoms with van der Waals surface area (Å²) in [6, 6.07) is 0. The molecule has 1 atom stereocenters. The number of aryl methyl sites for hydroxylation is 1. The summed E-state index contributed by atoms with van der Waals surface area (Å²) in [5, 5.41) is 7.07. The second-order valence-corrected chi connectivity index (χ2v) is 7.40. The largest absolute Gasteiger partial charge is 0.367 e. The Morgan fingerprint density at radius 2 is 2.30 bits per heavy atom. The minimum Gasteiger partial charge on any atom is -0.367 e. The molecule has 0 saturated carbocycles. The van der Waals surface area contributed by atoms with Crippen LogP contribution in [-0.2, 0) is 21.0 Å². The molecule has 0 spiro atoms. The fourth-order valence-corrected chi connectivity index (χ4v) is 2.88. The van der Waals surface area contributed by atoms with Gasteiger partial charge in [-0.25, -0.2) is 13.4 Å². The first kappa shape index (κ1) is 15.4. The zero-order chi connectivity index (χ0) is 14.6. The Kier molecular flexibility index (Phi) is 5.11. The molecule has 0 bridgehead atoms. The van der Waals surface area contributed by atoms with Gasteiger partial charge in [-0.2, -0.15) is 5.10 Å². The standard InChI is InChI=1S/C12H22N4O3S/c1-3-11-13-12(15-14-11)10-9-16(6-7-19-10)5-4-8-20(2,17)18/h10H,3-9H2,1-2H3,(H,13,14,15)/t10-/m1/s1. The second kappa shape index (κ2) is 6.64. The summed E-state index contributed by atoms with van der Waals surface area (Å²) in [4.78, 5) is 6.60. The lowest BCUT2D eigenvalue weighted by Crippen LogP contribution is -2.39. The number of nitrogens with zero attached hydrogens (tertiary/aromatic N) is 3. The summed E-state index contributed by atoms with van der Waals surface area (Å²) in [5.74, 6) is 1.78. The number of nitrogens with one attached hydrogen (secondary N) is 1. The minimum absolute atomic E-state index is 0.126. The molecule has 2 rings (SSSR count). The zero-order valence-corrected chi connectivity index (χ0v) is 12.8. The second-order valence-electron chi connectivity index (χ2n) is 5.14. The Bertz CT molecular complexity index is 529. The molecule has 1 aliphatic rings. The molecule has 0 amide bonds.